The molecule has 188 valence electrons. The molecular weight excluding hydrogens is 554 g/mol. The smallest absolute Gasteiger partial charge is 0.180 e. The van der Waals surface area contributed by atoms with E-state index in [1.165, 1.54) is 23.9 Å². The molecule has 2 aromatic heterocycles. The second-order valence-corrected chi connectivity index (χ2v) is 11.0. The molecule has 0 amide bonds. The summed E-state index contributed by atoms with van der Waals surface area (Å²) in [5.74, 6) is 0.747. The van der Waals surface area contributed by atoms with E-state index >= 15 is 0 Å². The average Bonchev–Trinajstić information content (AvgIpc) is 3.56. The lowest BCUT2D eigenvalue weighted by Crippen LogP contribution is -2.23. The Morgan fingerprint density at radius 3 is 2.51 bits per heavy atom. The molecule has 0 aliphatic carbocycles. The van der Waals surface area contributed by atoms with E-state index in [9.17, 15) is 4.39 Å². The minimum atomic E-state index is -0.515. The van der Waals surface area contributed by atoms with Gasteiger partial charge in [0, 0.05) is 16.7 Å². The van der Waals surface area contributed by atoms with E-state index in [4.69, 9.17) is 39.8 Å². The summed E-state index contributed by atoms with van der Waals surface area (Å²) in [6.07, 6.45) is 1.82. The van der Waals surface area contributed by atoms with Crippen LogP contribution >= 0.6 is 46.6 Å². The van der Waals surface area contributed by atoms with E-state index in [1.54, 1.807) is 12.1 Å². The van der Waals surface area contributed by atoms with E-state index < -0.39 is 5.41 Å². The van der Waals surface area contributed by atoms with Crippen molar-refractivity contribution in [1.29, 1.82) is 0 Å². The molecule has 0 saturated carbocycles. The zero-order valence-electron chi connectivity index (χ0n) is 19.7. The number of hydrogen-bond acceptors (Lipinski definition) is 5. The van der Waals surface area contributed by atoms with Crippen molar-refractivity contribution >= 4 is 46.6 Å². The molecule has 0 saturated heterocycles. The fraction of sp³-hybridized carbons (Fsp3) is 0.154. The molecule has 0 radical (unpaired) electrons. The molecule has 1 N–H and O–H groups in total. The maximum absolute atomic E-state index is 14.3. The Bertz CT molecular complexity index is 1570. The van der Waals surface area contributed by atoms with Crippen molar-refractivity contribution in [3.8, 4) is 17.1 Å². The number of imidazole rings is 1. The average molecular weight is 574 g/mol. The van der Waals surface area contributed by atoms with Gasteiger partial charge in [-0.3, -0.25) is 4.57 Å². The van der Waals surface area contributed by atoms with Crippen molar-refractivity contribution in [2.45, 2.75) is 30.2 Å². The predicted molar refractivity (Wildman–Crippen MR) is 146 cm³/mol. The highest BCUT2D eigenvalue weighted by Crippen LogP contribution is 2.39. The molecule has 37 heavy (non-hydrogen) atoms. The molecular formula is C26H20Cl3FN6S. The quantitative estimate of drug-likeness (QED) is 0.201. The molecule has 0 unspecified atom stereocenters. The normalized spacial score (nSPS) is 11.7. The van der Waals surface area contributed by atoms with E-state index in [0.717, 1.165) is 16.8 Å². The summed E-state index contributed by atoms with van der Waals surface area (Å²) in [4.78, 5) is 4.74. The van der Waals surface area contributed by atoms with Crippen LogP contribution in [0.25, 0.3) is 17.1 Å². The summed E-state index contributed by atoms with van der Waals surface area (Å²) in [5.41, 5.74) is 3.70. The molecule has 0 aliphatic rings. The topological polar surface area (TPSA) is 72.3 Å². The molecule has 2 heterocycles. The molecule has 0 atom stereocenters. The SMILES string of the molecule is CC(C)(c1ccc(Cl)c(Cl)c1)c1cnc(SCc2ccc(Cl)c(-c3nnn[nH]3)c2)n1-c1cccc(F)c1. The molecule has 0 aliphatic heterocycles. The zero-order chi connectivity index (χ0) is 26.2. The minimum Gasteiger partial charge on any atom is -0.291 e. The van der Waals surface area contributed by atoms with Gasteiger partial charge in [0.2, 0.25) is 0 Å². The number of aromatic nitrogens is 6. The fourth-order valence-corrected chi connectivity index (χ4v) is 5.48. The molecule has 5 rings (SSSR count). The zero-order valence-corrected chi connectivity index (χ0v) is 22.8. The summed E-state index contributed by atoms with van der Waals surface area (Å²) in [7, 11) is 0. The number of H-pyrrole nitrogens is 1. The maximum Gasteiger partial charge on any atom is 0.180 e. The molecule has 5 aromatic rings. The first kappa shape index (κ1) is 25.7. The summed E-state index contributed by atoms with van der Waals surface area (Å²) >= 11 is 20.4. The van der Waals surface area contributed by atoms with Crippen LogP contribution in [0.1, 0.15) is 30.7 Å². The predicted octanol–water partition coefficient (Wildman–Crippen LogP) is 7.77. The number of nitrogens with zero attached hydrogens (tertiary/aromatic N) is 5. The van der Waals surface area contributed by atoms with Crippen LogP contribution in [0.4, 0.5) is 4.39 Å². The third-order valence-corrected chi connectivity index (χ3v) is 8.17. The van der Waals surface area contributed by atoms with E-state index in [0.29, 0.717) is 43.1 Å². The van der Waals surface area contributed by atoms with Crippen molar-refractivity contribution in [2.75, 3.05) is 0 Å². The number of nitrogens with one attached hydrogen (secondary N) is 1. The second kappa shape index (κ2) is 10.5. The van der Waals surface area contributed by atoms with Gasteiger partial charge in [-0.15, -0.1) is 5.10 Å². The Kier molecular flexibility index (Phi) is 7.27. The van der Waals surface area contributed by atoms with Gasteiger partial charge in [0.1, 0.15) is 5.82 Å². The van der Waals surface area contributed by atoms with Gasteiger partial charge < -0.3 is 0 Å². The monoisotopic (exact) mass is 572 g/mol. The number of thioether (sulfide) groups is 1. The van der Waals surface area contributed by atoms with Crippen LogP contribution in [0.15, 0.2) is 72.0 Å². The Labute approximate surface area is 232 Å². The lowest BCUT2D eigenvalue weighted by molar-refractivity contribution is 0.589. The van der Waals surface area contributed by atoms with Crippen LogP contribution in [0.3, 0.4) is 0 Å². The van der Waals surface area contributed by atoms with Crippen molar-refractivity contribution < 1.29 is 4.39 Å². The van der Waals surface area contributed by atoms with E-state index in [1.807, 2.05) is 47.2 Å². The van der Waals surface area contributed by atoms with E-state index in [2.05, 4.69) is 34.5 Å². The minimum absolute atomic E-state index is 0.330. The number of rotatable bonds is 7. The molecule has 0 bridgehead atoms. The van der Waals surface area contributed by atoms with E-state index in [-0.39, 0.29) is 5.82 Å². The Hall–Kier alpha value is -2.91. The number of benzene rings is 3. The number of hydrogen-bond donors (Lipinski definition) is 1. The standard InChI is InChI=1S/C26H20Cl3FN6S/c1-26(2,16-7-9-21(28)22(29)11-16)23-13-31-25(36(23)18-5-3-4-17(30)12-18)37-14-15-6-8-20(27)19(10-15)24-32-34-35-33-24/h3-13H,14H2,1-2H3,(H,32,33,34,35). The fourth-order valence-electron chi connectivity index (χ4n) is 4.04. The largest absolute Gasteiger partial charge is 0.291 e. The first-order valence-corrected chi connectivity index (χ1v) is 13.3. The second-order valence-electron chi connectivity index (χ2n) is 8.85. The van der Waals surface area contributed by atoms with Gasteiger partial charge in [-0.2, -0.15) is 0 Å². The summed E-state index contributed by atoms with van der Waals surface area (Å²) in [6, 6.07) is 17.7. The van der Waals surface area contributed by atoms with Gasteiger partial charge in [0.05, 0.1) is 32.6 Å². The maximum atomic E-state index is 14.3. The Balaban J connectivity index is 1.53. The van der Waals surface area contributed by atoms with Crippen LogP contribution < -0.4 is 0 Å². The number of aromatic amines is 1. The molecule has 11 heteroatoms. The summed E-state index contributed by atoms with van der Waals surface area (Å²) in [6.45, 7) is 4.15. The van der Waals surface area contributed by atoms with Crippen LogP contribution in [0, 0.1) is 5.82 Å². The molecule has 0 spiro atoms. The lowest BCUT2D eigenvalue weighted by Gasteiger charge is -2.28. The third kappa shape index (κ3) is 5.25. The van der Waals surface area contributed by atoms with Gasteiger partial charge in [-0.05, 0) is 64.0 Å². The third-order valence-electron chi connectivity index (χ3n) is 6.08. The lowest BCUT2D eigenvalue weighted by atomic mass is 9.81. The van der Waals surface area contributed by atoms with Crippen LogP contribution in [0.5, 0.6) is 0 Å². The van der Waals surface area contributed by atoms with Crippen LogP contribution in [0.2, 0.25) is 15.1 Å². The summed E-state index contributed by atoms with van der Waals surface area (Å²) < 4.78 is 16.3. The molecule has 3 aromatic carbocycles. The first-order valence-electron chi connectivity index (χ1n) is 11.2. The first-order chi connectivity index (χ1) is 17.7. The highest BCUT2D eigenvalue weighted by molar-refractivity contribution is 7.98. The van der Waals surface area contributed by atoms with Gasteiger partial charge in [0.15, 0.2) is 11.0 Å². The highest BCUT2D eigenvalue weighted by Gasteiger charge is 2.30. The van der Waals surface area contributed by atoms with Gasteiger partial charge in [0.25, 0.3) is 0 Å². The molecule has 6 nitrogen and oxygen atoms in total. The van der Waals surface area contributed by atoms with Crippen molar-refractivity contribution in [3.05, 3.63) is 105 Å². The molecule has 0 fully saturated rings. The van der Waals surface area contributed by atoms with Gasteiger partial charge in [-0.1, -0.05) is 78.6 Å². The van der Waals surface area contributed by atoms with Crippen molar-refractivity contribution in [2.24, 2.45) is 0 Å². The van der Waals surface area contributed by atoms with Crippen LogP contribution in [-0.4, -0.2) is 30.2 Å². The van der Waals surface area contributed by atoms with Crippen LogP contribution in [-0.2, 0) is 11.2 Å². The van der Waals surface area contributed by atoms with Gasteiger partial charge >= 0.3 is 0 Å². The Morgan fingerprint density at radius 1 is 0.973 bits per heavy atom. The Morgan fingerprint density at radius 2 is 1.78 bits per heavy atom. The van der Waals surface area contributed by atoms with Crippen molar-refractivity contribution in [1.82, 2.24) is 30.2 Å². The summed E-state index contributed by atoms with van der Waals surface area (Å²) in [5, 5.41) is 16.2. The number of tetrazole rings is 1. The highest BCUT2D eigenvalue weighted by atomic mass is 35.5. The number of halogens is 4. The van der Waals surface area contributed by atoms with Crippen molar-refractivity contribution in [3.63, 3.8) is 0 Å². The van der Waals surface area contributed by atoms with Gasteiger partial charge in [-0.25, -0.2) is 14.5 Å².